The van der Waals surface area contributed by atoms with Crippen molar-refractivity contribution < 1.29 is 4.74 Å². The molecule has 1 atom stereocenters. The normalized spacial score (nSPS) is 19.0. The zero-order valence-corrected chi connectivity index (χ0v) is 19.0. The molecule has 5 heteroatoms. The van der Waals surface area contributed by atoms with E-state index in [1.54, 1.807) is 0 Å². The molecular weight excluding hydrogens is 384 g/mol. The summed E-state index contributed by atoms with van der Waals surface area (Å²) in [6, 6.07) is 19.3. The highest BCUT2D eigenvalue weighted by molar-refractivity contribution is 5.53. The standard InChI is InChI=1S/C26H34N4O/c1-21-11-12-25(18-22(21)2)29-17-16-27-19-26(29,20-31-3)14-7-10-24-13-15-28-30(24)23-8-5-4-6-9-23/h4-6,8-9,11-13,15,18,27H,7,10,14,16-17,19-20H2,1-3H3. The Bertz CT molecular complexity index is 980. The smallest absolute Gasteiger partial charge is 0.0759 e. The molecule has 1 aliphatic rings. The monoisotopic (exact) mass is 418 g/mol. The van der Waals surface area contributed by atoms with Crippen LogP contribution in [0, 0.1) is 13.8 Å². The van der Waals surface area contributed by atoms with Crippen molar-refractivity contribution in [2.75, 3.05) is 38.3 Å². The first kappa shape index (κ1) is 21.6. The molecule has 0 saturated carbocycles. The van der Waals surface area contributed by atoms with Gasteiger partial charge in [-0.1, -0.05) is 24.3 Å². The van der Waals surface area contributed by atoms with Crippen molar-refractivity contribution in [1.82, 2.24) is 15.1 Å². The second-order valence-electron chi connectivity index (χ2n) is 8.68. The zero-order chi connectivity index (χ0) is 21.7. The zero-order valence-electron chi connectivity index (χ0n) is 19.0. The van der Waals surface area contributed by atoms with E-state index < -0.39 is 0 Å². The van der Waals surface area contributed by atoms with Gasteiger partial charge in [0.2, 0.25) is 0 Å². The molecule has 1 fully saturated rings. The van der Waals surface area contributed by atoms with Crippen molar-refractivity contribution in [3.8, 4) is 5.69 Å². The van der Waals surface area contributed by atoms with Gasteiger partial charge in [-0.25, -0.2) is 4.68 Å². The Morgan fingerprint density at radius 3 is 2.65 bits per heavy atom. The molecule has 164 valence electrons. The molecule has 2 aromatic carbocycles. The van der Waals surface area contributed by atoms with E-state index >= 15 is 0 Å². The molecule has 4 rings (SSSR count). The van der Waals surface area contributed by atoms with Crippen LogP contribution in [0.15, 0.2) is 60.8 Å². The average Bonchev–Trinajstić information content (AvgIpc) is 3.25. The van der Waals surface area contributed by atoms with Crippen LogP contribution in [0.4, 0.5) is 5.69 Å². The summed E-state index contributed by atoms with van der Waals surface area (Å²) in [7, 11) is 1.82. The molecule has 0 radical (unpaired) electrons. The number of nitrogens with one attached hydrogen (secondary N) is 1. The largest absolute Gasteiger partial charge is 0.382 e. The van der Waals surface area contributed by atoms with E-state index in [2.05, 4.69) is 82.4 Å². The topological polar surface area (TPSA) is 42.3 Å². The number of para-hydroxylation sites is 1. The van der Waals surface area contributed by atoms with E-state index in [1.165, 1.54) is 22.5 Å². The fraction of sp³-hybridized carbons (Fsp3) is 0.423. The number of rotatable bonds is 8. The maximum atomic E-state index is 5.77. The van der Waals surface area contributed by atoms with Crippen molar-refractivity contribution >= 4 is 5.69 Å². The molecule has 5 nitrogen and oxygen atoms in total. The van der Waals surface area contributed by atoms with Crippen LogP contribution in [-0.2, 0) is 11.2 Å². The summed E-state index contributed by atoms with van der Waals surface area (Å²) in [6.45, 7) is 8.02. The summed E-state index contributed by atoms with van der Waals surface area (Å²) in [5.41, 5.74) is 6.30. The quantitative estimate of drug-likeness (QED) is 0.592. The fourth-order valence-electron chi connectivity index (χ4n) is 4.75. The lowest BCUT2D eigenvalue weighted by Crippen LogP contribution is -2.64. The minimum absolute atomic E-state index is 0.0493. The second kappa shape index (κ2) is 9.67. The molecule has 1 aliphatic heterocycles. The molecule has 1 N–H and O–H groups in total. The summed E-state index contributed by atoms with van der Waals surface area (Å²) >= 11 is 0. The Labute approximate surface area is 186 Å². The van der Waals surface area contributed by atoms with E-state index in [0.29, 0.717) is 6.61 Å². The van der Waals surface area contributed by atoms with Crippen molar-refractivity contribution in [2.45, 2.75) is 38.6 Å². The Kier molecular flexibility index (Phi) is 6.73. The van der Waals surface area contributed by atoms with Gasteiger partial charge < -0.3 is 15.0 Å². The molecule has 3 aromatic rings. The van der Waals surface area contributed by atoms with Gasteiger partial charge in [0.1, 0.15) is 0 Å². The maximum absolute atomic E-state index is 5.77. The lowest BCUT2D eigenvalue weighted by atomic mass is 9.88. The molecule has 0 aliphatic carbocycles. The molecular formula is C26H34N4O. The van der Waals surface area contributed by atoms with Crippen LogP contribution in [0.2, 0.25) is 0 Å². The summed E-state index contributed by atoms with van der Waals surface area (Å²) in [5.74, 6) is 0. The van der Waals surface area contributed by atoms with Crippen LogP contribution < -0.4 is 10.2 Å². The number of hydrogen-bond acceptors (Lipinski definition) is 4. The van der Waals surface area contributed by atoms with Crippen molar-refractivity contribution in [3.05, 3.63) is 77.6 Å². The lowest BCUT2D eigenvalue weighted by molar-refractivity contribution is 0.110. The minimum Gasteiger partial charge on any atom is -0.382 e. The summed E-state index contributed by atoms with van der Waals surface area (Å²) in [5, 5.41) is 8.18. The first-order chi connectivity index (χ1) is 15.1. The third-order valence-electron chi connectivity index (χ3n) is 6.55. The summed E-state index contributed by atoms with van der Waals surface area (Å²) < 4.78 is 7.83. The molecule has 0 amide bonds. The predicted octanol–water partition coefficient (Wildman–Crippen LogP) is 4.31. The number of ether oxygens (including phenoxy) is 1. The fourth-order valence-corrected chi connectivity index (χ4v) is 4.75. The number of piperazine rings is 1. The van der Waals surface area contributed by atoms with Gasteiger partial charge in [-0.3, -0.25) is 0 Å². The lowest BCUT2D eigenvalue weighted by Gasteiger charge is -2.49. The highest BCUT2D eigenvalue weighted by Gasteiger charge is 2.39. The number of benzene rings is 2. The van der Waals surface area contributed by atoms with Crippen LogP contribution >= 0.6 is 0 Å². The van der Waals surface area contributed by atoms with Crippen LogP contribution in [0.1, 0.15) is 29.7 Å². The van der Waals surface area contributed by atoms with Gasteiger partial charge in [0.05, 0.1) is 17.8 Å². The van der Waals surface area contributed by atoms with E-state index in [-0.39, 0.29) is 5.54 Å². The van der Waals surface area contributed by atoms with Crippen LogP contribution in [-0.4, -0.2) is 48.7 Å². The number of nitrogens with zero attached hydrogens (tertiary/aromatic N) is 3. The SMILES string of the molecule is COCC1(CCCc2ccnn2-c2ccccc2)CNCCN1c1ccc(C)c(C)c1. The molecule has 0 spiro atoms. The van der Waals surface area contributed by atoms with E-state index in [9.17, 15) is 0 Å². The van der Waals surface area contributed by atoms with Gasteiger partial charge >= 0.3 is 0 Å². The van der Waals surface area contributed by atoms with Crippen LogP contribution in [0.5, 0.6) is 0 Å². The molecule has 2 heterocycles. The van der Waals surface area contributed by atoms with Gasteiger partial charge in [-0.2, -0.15) is 5.10 Å². The molecule has 1 aromatic heterocycles. The van der Waals surface area contributed by atoms with E-state index in [1.807, 2.05) is 19.4 Å². The molecule has 1 saturated heterocycles. The van der Waals surface area contributed by atoms with Gasteiger partial charge in [0, 0.05) is 44.3 Å². The average molecular weight is 419 g/mol. The molecule has 1 unspecified atom stereocenters. The molecule has 31 heavy (non-hydrogen) atoms. The first-order valence-electron chi connectivity index (χ1n) is 11.3. The van der Waals surface area contributed by atoms with Crippen molar-refractivity contribution in [1.29, 1.82) is 0 Å². The van der Waals surface area contributed by atoms with Gasteiger partial charge in [0.15, 0.2) is 0 Å². The predicted molar refractivity (Wildman–Crippen MR) is 127 cm³/mol. The van der Waals surface area contributed by atoms with E-state index in [0.717, 1.165) is 44.6 Å². The Morgan fingerprint density at radius 1 is 1.03 bits per heavy atom. The number of anilines is 1. The molecule has 0 bridgehead atoms. The highest BCUT2D eigenvalue weighted by Crippen LogP contribution is 2.32. The number of hydrogen-bond donors (Lipinski definition) is 1. The Morgan fingerprint density at radius 2 is 1.87 bits per heavy atom. The van der Waals surface area contributed by atoms with Gasteiger partial charge in [-0.15, -0.1) is 0 Å². The third kappa shape index (κ3) is 4.68. The Balaban J connectivity index is 1.52. The summed E-state index contributed by atoms with van der Waals surface area (Å²) in [6.07, 6.45) is 5.02. The first-order valence-corrected chi connectivity index (χ1v) is 11.3. The van der Waals surface area contributed by atoms with Crippen molar-refractivity contribution in [2.24, 2.45) is 0 Å². The van der Waals surface area contributed by atoms with E-state index in [4.69, 9.17) is 4.74 Å². The highest BCUT2D eigenvalue weighted by atomic mass is 16.5. The maximum Gasteiger partial charge on any atom is 0.0759 e. The number of aromatic nitrogens is 2. The van der Waals surface area contributed by atoms with Crippen LogP contribution in [0.25, 0.3) is 5.69 Å². The van der Waals surface area contributed by atoms with Gasteiger partial charge in [-0.05, 0) is 74.6 Å². The van der Waals surface area contributed by atoms with Crippen LogP contribution in [0.3, 0.4) is 0 Å². The minimum atomic E-state index is -0.0493. The van der Waals surface area contributed by atoms with Gasteiger partial charge in [0.25, 0.3) is 0 Å². The summed E-state index contributed by atoms with van der Waals surface area (Å²) in [4.78, 5) is 2.58. The third-order valence-corrected chi connectivity index (χ3v) is 6.55. The number of aryl methyl sites for hydroxylation is 3. The van der Waals surface area contributed by atoms with Crippen molar-refractivity contribution in [3.63, 3.8) is 0 Å². The second-order valence-corrected chi connectivity index (χ2v) is 8.68. The Hall–Kier alpha value is -2.63. The number of methoxy groups -OCH3 is 1.